The van der Waals surface area contributed by atoms with Crippen molar-refractivity contribution in [2.24, 2.45) is 0 Å². The number of anilines is 1. The number of piperazine rings is 1. The Bertz CT molecular complexity index is 771. The van der Waals surface area contributed by atoms with Gasteiger partial charge in [0.2, 0.25) is 0 Å². The molecule has 3 heterocycles. The average Bonchev–Trinajstić information content (AvgIpc) is 2.85. The van der Waals surface area contributed by atoms with Gasteiger partial charge in [-0.25, -0.2) is 4.79 Å². The topological polar surface area (TPSA) is 62.3 Å². The second-order valence-corrected chi connectivity index (χ2v) is 8.22. The Balaban J connectivity index is 1.54. The molecule has 4 rings (SSSR count). The van der Waals surface area contributed by atoms with Crippen LogP contribution in [0.4, 0.5) is 10.5 Å². The number of rotatable bonds is 0. The van der Waals surface area contributed by atoms with Gasteiger partial charge in [0.15, 0.2) is 0 Å². The zero-order valence-corrected chi connectivity index (χ0v) is 15.7. The zero-order valence-electron chi connectivity index (χ0n) is 15.7. The number of nitrogens with zero attached hydrogens (tertiary/aromatic N) is 3. The van der Waals surface area contributed by atoms with Crippen LogP contribution in [0.2, 0.25) is 0 Å². The maximum Gasteiger partial charge on any atom is 0.410 e. The molecule has 7 nitrogen and oxygen atoms in total. The van der Waals surface area contributed by atoms with Gasteiger partial charge in [0.05, 0.1) is 11.7 Å². The summed E-state index contributed by atoms with van der Waals surface area (Å²) < 4.78 is 11.4. The molecule has 7 heteroatoms. The first kappa shape index (κ1) is 17.0. The molecule has 140 valence electrons. The van der Waals surface area contributed by atoms with E-state index in [4.69, 9.17) is 9.47 Å². The SMILES string of the molecule is CN1Cc2cc3c(cc2C1=O)OCC1CN(C(=O)OC(C)(C)C)CCN31. The minimum atomic E-state index is -0.497. The molecule has 0 bridgehead atoms. The number of ether oxygens (including phenoxy) is 2. The van der Waals surface area contributed by atoms with Gasteiger partial charge in [-0.3, -0.25) is 4.79 Å². The number of carbonyl (C=O) groups excluding carboxylic acids is 2. The molecule has 3 aliphatic heterocycles. The fraction of sp³-hybridized carbons (Fsp3) is 0.579. The molecule has 2 amide bonds. The minimum absolute atomic E-state index is 0.0447. The lowest BCUT2D eigenvalue weighted by Crippen LogP contribution is -2.59. The molecule has 0 aliphatic carbocycles. The van der Waals surface area contributed by atoms with Crippen LogP contribution in [0.15, 0.2) is 12.1 Å². The molecular formula is C19H25N3O4. The van der Waals surface area contributed by atoms with Crippen LogP contribution in [0.5, 0.6) is 5.75 Å². The van der Waals surface area contributed by atoms with Crippen molar-refractivity contribution in [3.05, 3.63) is 23.3 Å². The van der Waals surface area contributed by atoms with Crippen molar-refractivity contribution < 1.29 is 19.1 Å². The molecule has 1 atom stereocenters. The molecule has 0 aromatic heterocycles. The third kappa shape index (κ3) is 2.85. The normalized spacial score (nSPS) is 21.8. The third-order valence-corrected chi connectivity index (χ3v) is 5.04. The standard InChI is InChI=1S/C19H25N3O4/c1-19(2,3)26-18(24)21-5-6-22-13(10-21)11-25-16-8-14-12(7-15(16)22)9-20(4)17(14)23/h7-8,13H,5-6,9-11H2,1-4H3. The van der Waals surface area contributed by atoms with Gasteiger partial charge in [-0.05, 0) is 38.5 Å². The van der Waals surface area contributed by atoms with Crippen LogP contribution in [0.1, 0.15) is 36.7 Å². The van der Waals surface area contributed by atoms with Gasteiger partial charge < -0.3 is 24.2 Å². The lowest BCUT2D eigenvalue weighted by Gasteiger charge is -2.45. The van der Waals surface area contributed by atoms with Crippen molar-refractivity contribution >= 4 is 17.7 Å². The summed E-state index contributed by atoms with van der Waals surface area (Å²) in [4.78, 5) is 30.3. The van der Waals surface area contributed by atoms with Crippen LogP contribution in [-0.2, 0) is 11.3 Å². The molecule has 26 heavy (non-hydrogen) atoms. The van der Waals surface area contributed by atoms with Gasteiger partial charge in [0, 0.05) is 38.8 Å². The number of benzene rings is 1. The van der Waals surface area contributed by atoms with Crippen LogP contribution in [0.3, 0.4) is 0 Å². The Labute approximate surface area is 153 Å². The van der Waals surface area contributed by atoms with E-state index in [1.54, 1.807) is 9.80 Å². The van der Waals surface area contributed by atoms with E-state index in [9.17, 15) is 9.59 Å². The molecule has 0 radical (unpaired) electrons. The second kappa shape index (κ2) is 5.79. The highest BCUT2D eigenvalue weighted by Gasteiger charge is 2.37. The number of hydrogen-bond donors (Lipinski definition) is 0. The van der Waals surface area contributed by atoms with Crippen LogP contribution in [0, 0.1) is 0 Å². The maximum absolute atomic E-state index is 12.4. The van der Waals surface area contributed by atoms with Gasteiger partial charge in [-0.2, -0.15) is 0 Å². The molecule has 3 aliphatic rings. The van der Waals surface area contributed by atoms with Gasteiger partial charge in [0.25, 0.3) is 5.91 Å². The Morgan fingerprint density at radius 1 is 1.27 bits per heavy atom. The van der Waals surface area contributed by atoms with Crippen molar-refractivity contribution in [1.29, 1.82) is 0 Å². The molecule has 0 N–H and O–H groups in total. The summed E-state index contributed by atoms with van der Waals surface area (Å²) in [6.45, 7) is 8.66. The van der Waals surface area contributed by atoms with Crippen LogP contribution >= 0.6 is 0 Å². The van der Waals surface area contributed by atoms with E-state index in [1.165, 1.54) is 0 Å². The summed E-state index contributed by atoms with van der Waals surface area (Å²) in [5.41, 5.74) is 2.29. The van der Waals surface area contributed by atoms with E-state index in [-0.39, 0.29) is 18.0 Å². The summed E-state index contributed by atoms with van der Waals surface area (Å²) in [5, 5.41) is 0. The molecule has 1 aromatic carbocycles. The summed E-state index contributed by atoms with van der Waals surface area (Å²) in [6, 6.07) is 4.03. The third-order valence-electron chi connectivity index (χ3n) is 5.04. The van der Waals surface area contributed by atoms with Crippen molar-refractivity contribution in [2.75, 3.05) is 38.2 Å². The van der Waals surface area contributed by atoms with Crippen LogP contribution < -0.4 is 9.64 Å². The average molecular weight is 359 g/mol. The predicted octanol–water partition coefficient (Wildman–Crippen LogP) is 2.09. The van der Waals surface area contributed by atoms with E-state index in [1.807, 2.05) is 33.9 Å². The summed E-state index contributed by atoms with van der Waals surface area (Å²) in [6.07, 6.45) is -0.274. The second-order valence-electron chi connectivity index (χ2n) is 8.22. The molecule has 1 unspecified atom stereocenters. The van der Waals surface area contributed by atoms with E-state index in [0.717, 1.165) is 29.1 Å². The first-order chi connectivity index (χ1) is 12.2. The van der Waals surface area contributed by atoms with Crippen molar-refractivity contribution in [3.63, 3.8) is 0 Å². The van der Waals surface area contributed by atoms with Gasteiger partial charge in [0.1, 0.15) is 18.0 Å². The fourth-order valence-electron chi connectivity index (χ4n) is 3.81. The molecule has 0 spiro atoms. The van der Waals surface area contributed by atoms with E-state index < -0.39 is 5.60 Å². The molecular weight excluding hydrogens is 334 g/mol. The Kier molecular flexibility index (Phi) is 3.78. The molecule has 0 saturated carbocycles. The number of amides is 2. The van der Waals surface area contributed by atoms with Crippen molar-refractivity contribution in [3.8, 4) is 5.75 Å². The Morgan fingerprint density at radius 2 is 2.04 bits per heavy atom. The minimum Gasteiger partial charge on any atom is -0.489 e. The molecule has 1 saturated heterocycles. The number of hydrogen-bond acceptors (Lipinski definition) is 5. The van der Waals surface area contributed by atoms with Gasteiger partial charge >= 0.3 is 6.09 Å². The summed E-state index contributed by atoms with van der Waals surface area (Å²) >= 11 is 0. The van der Waals surface area contributed by atoms with E-state index in [0.29, 0.717) is 26.2 Å². The van der Waals surface area contributed by atoms with Crippen LogP contribution in [0.25, 0.3) is 0 Å². The molecule has 1 fully saturated rings. The highest BCUT2D eigenvalue weighted by Crippen LogP contribution is 2.39. The van der Waals surface area contributed by atoms with Crippen molar-refractivity contribution in [1.82, 2.24) is 9.80 Å². The largest absolute Gasteiger partial charge is 0.489 e. The van der Waals surface area contributed by atoms with Gasteiger partial charge in [-0.15, -0.1) is 0 Å². The van der Waals surface area contributed by atoms with Crippen molar-refractivity contribution in [2.45, 2.75) is 39.0 Å². The first-order valence-electron chi connectivity index (χ1n) is 9.03. The zero-order chi connectivity index (χ0) is 18.6. The lowest BCUT2D eigenvalue weighted by molar-refractivity contribution is 0.0194. The fourth-order valence-corrected chi connectivity index (χ4v) is 3.81. The first-order valence-corrected chi connectivity index (χ1v) is 9.03. The van der Waals surface area contributed by atoms with E-state index >= 15 is 0 Å². The number of carbonyl (C=O) groups is 2. The summed E-state index contributed by atoms with van der Waals surface area (Å²) in [7, 11) is 1.81. The maximum atomic E-state index is 12.4. The predicted molar refractivity (Wildman–Crippen MR) is 96.7 cm³/mol. The quantitative estimate of drug-likeness (QED) is 0.710. The van der Waals surface area contributed by atoms with Gasteiger partial charge in [-0.1, -0.05) is 0 Å². The highest BCUT2D eigenvalue weighted by atomic mass is 16.6. The summed E-state index contributed by atoms with van der Waals surface area (Å²) in [5.74, 6) is 0.803. The highest BCUT2D eigenvalue weighted by molar-refractivity contribution is 5.99. The van der Waals surface area contributed by atoms with Crippen LogP contribution in [-0.4, -0.2) is 66.7 Å². The smallest absolute Gasteiger partial charge is 0.410 e. The number of fused-ring (bicyclic) bond motifs is 4. The Hall–Kier alpha value is -2.44. The molecule has 1 aromatic rings. The monoisotopic (exact) mass is 359 g/mol. The Morgan fingerprint density at radius 3 is 2.77 bits per heavy atom. The lowest BCUT2D eigenvalue weighted by atomic mass is 10.0. The van der Waals surface area contributed by atoms with E-state index in [2.05, 4.69) is 11.0 Å².